The summed E-state index contributed by atoms with van der Waals surface area (Å²) in [5.41, 5.74) is 2.08. The Morgan fingerprint density at radius 1 is 1.20 bits per heavy atom. The number of halogens is 2. The summed E-state index contributed by atoms with van der Waals surface area (Å²) in [5, 5.41) is 3.68. The van der Waals surface area contributed by atoms with Crippen LogP contribution in [0.15, 0.2) is 48.5 Å². The van der Waals surface area contributed by atoms with Crippen molar-refractivity contribution in [3.63, 3.8) is 0 Å². The van der Waals surface area contributed by atoms with Crippen molar-refractivity contribution in [2.24, 2.45) is 5.92 Å². The van der Waals surface area contributed by atoms with Gasteiger partial charge in [0.15, 0.2) is 0 Å². The van der Waals surface area contributed by atoms with Gasteiger partial charge in [-0.05, 0) is 58.7 Å². The maximum atomic E-state index is 12.2. The van der Waals surface area contributed by atoms with E-state index >= 15 is 0 Å². The van der Waals surface area contributed by atoms with E-state index < -0.39 is 0 Å². The molecule has 1 aliphatic carbocycles. The highest BCUT2D eigenvalue weighted by atomic mass is 127. The third-order valence-corrected chi connectivity index (χ3v) is 4.67. The van der Waals surface area contributed by atoms with E-state index in [1.165, 1.54) is 5.56 Å². The third kappa shape index (κ3) is 2.99. The smallest absolute Gasteiger partial charge is 0.228 e. The predicted molar refractivity (Wildman–Crippen MR) is 90.1 cm³/mol. The molecule has 2 aromatic rings. The van der Waals surface area contributed by atoms with Gasteiger partial charge in [0.25, 0.3) is 0 Å². The molecule has 1 N–H and O–H groups in total. The van der Waals surface area contributed by atoms with E-state index in [1.54, 1.807) is 6.07 Å². The average Bonchev–Trinajstić information content (AvgIpc) is 3.23. The van der Waals surface area contributed by atoms with E-state index in [4.69, 9.17) is 11.6 Å². The fourth-order valence-corrected chi connectivity index (χ4v) is 3.38. The molecule has 2 unspecified atom stereocenters. The molecule has 0 aliphatic heterocycles. The molecule has 3 rings (SSSR count). The van der Waals surface area contributed by atoms with Gasteiger partial charge in [-0.1, -0.05) is 41.9 Å². The van der Waals surface area contributed by atoms with E-state index in [1.807, 2.05) is 30.3 Å². The van der Waals surface area contributed by atoms with Gasteiger partial charge in [-0.3, -0.25) is 4.79 Å². The highest BCUT2D eigenvalue weighted by Gasteiger charge is 2.43. The fraction of sp³-hybridized carbons (Fsp3) is 0.188. The second-order valence-electron chi connectivity index (χ2n) is 4.97. The Hall–Kier alpha value is -1.07. The van der Waals surface area contributed by atoms with Crippen molar-refractivity contribution in [2.45, 2.75) is 12.3 Å². The highest BCUT2D eigenvalue weighted by molar-refractivity contribution is 14.1. The van der Waals surface area contributed by atoms with Crippen molar-refractivity contribution in [3.8, 4) is 0 Å². The molecule has 0 radical (unpaired) electrons. The molecule has 2 atom stereocenters. The van der Waals surface area contributed by atoms with E-state index in [-0.39, 0.29) is 11.8 Å². The van der Waals surface area contributed by atoms with Gasteiger partial charge in [-0.15, -0.1) is 0 Å². The van der Waals surface area contributed by atoms with Crippen molar-refractivity contribution in [3.05, 3.63) is 62.7 Å². The number of rotatable bonds is 3. The first-order chi connectivity index (χ1) is 9.65. The number of nitrogens with one attached hydrogen (secondary N) is 1. The van der Waals surface area contributed by atoms with Crippen LogP contribution in [-0.4, -0.2) is 5.91 Å². The van der Waals surface area contributed by atoms with Crippen LogP contribution in [-0.2, 0) is 4.79 Å². The van der Waals surface area contributed by atoms with Crippen LogP contribution < -0.4 is 5.32 Å². The number of benzene rings is 2. The SMILES string of the molecule is O=C(Nc1ccc(Cl)cc1I)C1CC1c1ccccc1. The minimum absolute atomic E-state index is 0.0869. The molecule has 0 heterocycles. The molecule has 1 aliphatic rings. The zero-order valence-electron chi connectivity index (χ0n) is 10.6. The second kappa shape index (κ2) is 5.74. The summed E-state index contributed by atoms with van der Waals surface area (Å²) in [4.78, 5) is 12.2. The number of amides is 1. The van der Waals surface area contributed by atoms with Crippen molar-refractivity contribution >= 4 is 45.8 Å². The third-order valence-electron chi connectivity index (χ3n) is 3.54. The molecular formula is C16H13ClINO. The summed E-state index contributed by atoms with van der Waals surface area (Å²) in [6.45, 7) is 0. The summed E-state index contributed by atoms with van der Waals surface area (Å²) < 4.78 is 0.959. The molecule has 2 aromatic carbocycles. The molecule has 1 saturated carbocycles. The standard InChI is InChI=1S/C16H13ClINO/c17-11-6-7-15(14(18)8-11)19-16(20)13-9-12(13)10-4-2-1-3-5-10/h1-8,12-13H,9H2,(H,19,20). The summed E-state index contributed by atoms with van der Waals surface area (Å²) in [5.74, 6) is 0.545. The maximum absolute atomic E-state index is 12.2. The van der Waals surface area contributed by atoms with Gasteiger partial charge in [0.05, 0.1) is 5.69 Å². The first kappa shape index (κ1) is 13.9. The molecule has 2 nitrogen and oxygen atoms in total. The number of anilines is 1. The molecule has 0 bridgehead atoms. The number of carbonyl (C=O) groups is 1. The van der Waals surface area contributed by atoms with E-state index in [0.29, 0.717) is 10.9 Å². The first-order valence-electron chi connectivity index (χ1n) is 6.46. The summed E-state index contributed by atoms with van der Waals surface area (Å²) >= 11 is 8.09. The molecule has 0 saturated heterocycles. The Labute approximate surface area is 136 Å². The number of hydrogen-bond donors (Lipinski definition) is 1. The fourth-order valence-electron chi connectivity index (χ4n) is 2.37. The molecule has 4 heteroatoms. The molecule has 102 valence electrons. The highest BCUT2D eigenvalue weighted by Crippen LogP contribution is 2.48. The van der Waals surface area contributed by atoms with Gasteiger partial charge >= 0.3 is 0 Å². The monoisotopic (exact) mass is 397 g/mol. The Morgan fingerprint density at radius 3 is 2.65 bits per heavy atom. The van der Waals surface area contributed by atoms with E-state index in [0.717, 1.165) is 15.7 Å². The molecule has 0 spiro atoms. The predicted octanol–water partition coefficient (Wildman–Crippen LogP) is 4.69. The van der Waals surface area contributed by atoms with Crippen molar-refractivity contribution in [1.29, 1.82) is 0 Å². The van der Waals surface area contributed by atoms with Gasteiger partial charge in [-0.25, -0.2) is 0 Å². The summed E-state index contributed by atoms with van der Waals surface area (Å²) in [7, 11) is 0. The van der Waals surface area contributed by atoms with Crippen molar-refractivity contribution in [1.82, 2.24) is 0 Å². The Kier molecular flexibility index (Phi) is 3.98. The molecule has 1 fully saturated rings. The summed E-state index contributed by atoms with van der Waals surface area (Å²) in [6, 6.07) is 15.7. The first-order valence-corrected chi connectivity index (χ1v) is 7.91. The molecular weight excluding hydrogens is 385 g/mol. The zero-order valence-corrected chi connectivity index (χ0v) is 13.6. The van der Waals surface area contributed by atoms with Crippen molar-refractivity contribution in [2.75, 3.05) is 5.32 Å². The normalized spacial score (nSPS) is 20.5. The van der Waals surface area contributed by atoms with Crippen LogP contribution >= 0.6 is 34.2 Å². The van der Waals surface area contributed by atoms with Gasteiger partial charge in [0.1, 0.15) is 0 Å². The van der Waals surface area contributed by atoms with Gasteiger partial charge < -0.3 is 5.32 Å². The van der Waals surface area contributed by atoms with Crippen LogP contribution in [0.2, 0.25) is 5.02 Å². The lowest BCUT2D eigenvalue weighted by Gasteiger charge is -2.07. The van der Waals surface area contributed by atoms with Crippen LogP contribution in [0.3, 0.4) is 0 Å². The minimum atomic E-state index is 0.0869. The van der Waals surface area contributed by atoms with Crippen LogP contribution in [0.5, 0.6) is 0 Å². The lowest BCUT2D eigenvalue weighted by Crippen LogP contribution is -2.15. The van der Waals surface area contributed by atoms with E-state index in [9.17, 15) is 4.79 Å². The number of hydrogen-bond acceptors (Lipinski definition) is 1. The van der Waals surface area contributed by atoms with Crippen LogP contribution in [0.4, 0.5) is 5.69 Å². The lowest BCUT2D eigenvalue weighted by atomic mass is 10.1. The summed E-state index contributed by atoms with van der Waals surface area (Å²) in [6.07, 6.45) is 0.931. The van der Waals surface area contributed by atoms with Gasteiger partial charge in [0, 0.05) is 14.5 Å². The lowest BCUT2D eigenvalue weighted by molar-refractivity contribution is -0.117. The minimum Gasteiger partial charge on any atom is -0.325 e. The molecule has 0 aromatic heterocycles. The Balaban J connectivity index is 1.67. The maximum Gasteiger partial charge on any atom is 0.228 e. The van der Waals surface area contributed by atoms with Gasteiger partial charge in [-0.2, -0.15) is 0 Å². The largest absolute Gasteiger partial charge is 0.325 e. The zero-order chi connectivity index (χ0) is 14.1. The van der Waals surface area contributed by atoms with E-state index in [2.05, 4.69) is 40.0 Å². The Morgan fingerprint density at radius 2 is 1.95 bits per heavy atom. The van der Waals surface area contributed by atoms with Crippen LogP contribution in [0, 0.1) is 9.49 Å². The topological polar surface area (TPSA) is 29.1 Å². The Bertz CT molecular complexity index is 644. The van der Waals surface area contributed by atoms with Crippen LogP contribution in [0.1, 0.15) is 17.9 Å². The number of carbonyl (C=O) groups excluding carboxylic acids is 1. The molecule has 1 amide bonds. The van der Waals surface area contributed by atoms with Crippen LogP contribution in [0.25, 0.3) is 0 Å². The molecule has 20 heavy (non-hydrogen) atoms. The second-order valence-corrected chi connectivity index (χ2v) is 6.57. The van der Waals surface area contributed by atoms with Crippen molar-refractivity contribution < 1.29 is 4.79 Å². The van der Waals surface area contributed by atoms with Gasteiger partial charge in [0.2, 0.25) is 5.91 Å². The average molecular weight is 398 g/mol. The quantitative estimate of drug-likeness (QED) is 0.748.